The normalized spacial score (nSPS) is 12.4. The lowest BCUT2D eigenvalue weighted by Crippen LogP contribution is -2.31. The zero-order valence-corrected chi connectivity index (χ0v) is 14.9. The summed E-state index contributed by atoms with van der Waals surface area (Å²) in [6, 6.07) is 2.53. The van der Waals surface area contributed by atoms with Gasteiger partial charge in [0.2, 0.25) is 22.9 Å². The maximum absolute atomic E-state index is 12.7. The largest absolute Gasteiger partial charge is 0.573 e. The first kappa shape index (κ1) is 22.2. The van der Waals surface area contributed by atoms with Crippen molar-refractivity contribution < 1.29 is 44.7 Å². The van der Waals surface area contributed by atoms with Crippen molar-refractivity contribution in [3.63, 3.8) is 0 Å². The number of hydrogen-bond acceptors (Lipinski definition) is 8. The van der Waals surface area contributed by atoms with E-state index < -0.39 is 58.3 Å². The summed E-state index contributed by atoms with van der Waals surface area (Å²) in [5.74, 6) is -2.46. The average molecular weight is 443 g/mol. The lowest BCUT2D eigenvalue weighted by Gasteiger charge is -2.12. The van der Waals surface area contributed by atoms with Crippen LogP contribution in [-0.4, -0.2) is 38.7 Å². The molecule has 0 fully saturated rings. The average Bonchev–Trinajstić information content (AvgIpc) is 2.65. The Hall–Kier alpha value is -3.14. The Morgan fingerprint density at radius 2 is 1.86 bits per heavy atom. The molecule has 0 bridgehead atoms. The minimum absolute atomic E-state index is 0.520. The number of ether oxygens (including phenoxy) is 2. The summed E-state index contributed by atoms with van der Waals surface area (Å²) in [6.45, 7) is 0. The van der Waals surface area contributed by atoms with Crippen LogP contribution in [0.3, 0.4) is 0 Å². The van der Waals surface area contributed by atoms with E-state index in [1.165, 1.54) is 12.1 Å². The van der Waals surface area contributed by atoms with Gasteiger partial charge < -0.3 is 9.47 Å². The topological polar surface area (TPSA) is 125 Å². The molecule has 29 heavy (non-hydrogen) atoms. The number of anilines is 1. The highest BCUT2D eigenvalue weighted by molar-refractivity contribution is 7.80. The molecule has 1 aromatic heterocycles. The molecule has 1 aromatic carbocycles. The van der Waals surface area contributed by atoms with Gasteiger partial charge in [-0.1, -0.05) is 12.1 Å². The monoisotopic (exact) mass is 443 g/mol. The molecule has 158 valence electrons. The van der Waals surface area contributed by atoms with Gasteiger partial charge in [0, 0.05) is 0 Å². The minimum Gasteiger partial charge on any atom is -0.467 e. The van der Waals surface area contributed by atoms with Crippen LogP contribution >= 0.6 is 0 Å². The van der Waals surface area contributed by atoms with Crippen LogP contribution in [0.4, 0.5) is 32.7 Å². The Bertz CT molecular complexity index is 901. The van der Waals surface area contributed by atoms with Gasteiger partial charge in [0.15, 0.2) is 0 Å². The number of hydrogen-bond donors (Lipinski definition) is 2. The third-order valence-electron chi connectivity index (χ3n) is 2.70. The number of amides is 2. The zero-order chi connectivity index (χ0) is 21.6. The molecule has 10 nitrogen and oxygen atoms in total. The lowest BCUT2D eigenvalue weighted by atomic mass is 10.3. The van der Waals surface area contributed by atoms with Crippen LogP contribution in [0.1, 0.15) is 12.2 Å². The van der Waals surface area contributed by atoms with Gasteiger partial charge in [-0.25, -0.2) is 23.3 Å². The summed E-state index contributed by atoms with van der Waals surface area (Å²) in [5, 5.41) is 1.88. The standard InChI is InChI=1S/C13H10F5N5O5S/c1-26-12-20-9(8(14)15)19-10(22-12)21-11(24)23-28-29(25)7-5-3-2-4-6(7)27-13(16,17)18/h2-5,8H,1H3,(H2,19,20,21,22,23,24). The van der Waals surface area contributed by atoms with Gasteiger partial charge in [-0.2, -0.15) is 19.2 Å². The maximum atomic E-state index is 12.7. The van der Waals surface area contributed by atoms with Crippen LogP contribution in [0.25, 0.3) is 0 Å². The van der Waals surface area contributed by atoms with E-state index in [-0.39, 0.29) is 0 Å². The molecule has 1 heterocycles. The fourth-order valence-corrected chi connectivity index (χ4v) is 2.37. The van der Waals surface area contributed by atoms with Crippen LogP contribution in [0.15, 0.2) is 29.2 Å². The van der Waals surface area contributed by atoms with Crippen LogP contribution < -0.4 is 20.3 Å². The summed E-state index contributed by atoms with van der Waals surface area (Å²) < 4.78 is 87.3. The van der Waals surface area contributed by atoms with Crippen molar-refractivity contribution in [1.29, 1.82) is 0 Å². The molecule has 0 aliphatic rings. The third-order valence-corrected chi connectivity index (χ3v) is 3.63. The van der Waals surface area contributed by atoms with Gasteiger partial charge in [0.05, 0.1) is 7.11 Å². The number of para-hydroxylation sites is 1. The van der Waals surface area contributed by atoms with Crippen LogP contribution in [0, 0.1) is 0 Å². The molecule has 1 unspecified atom stereocenters. The van der Waals surface area contributed by atoms with E-state index in [9.17, 15) is 31.0 Å². The molecular weight excluding hydrogens is 433 g/mol. The summed E-state index contributed by atoms with van der Waals surface area (Å²) in [6.07, 6.45) is -8.14. The molecular formula is C13H10F5N5O5S. The van der Waals surface area contributed by atoms with Gasteiger partial charge in [-0.05, 0) is 12.1 Å². The van der Waals surface area contributed by atoms with Gasteiger partial charge >= 0.3 is 18.4 Å². The number of alkyl halides is 5. The Balaban J connectivity index is 2.03. The molecule has 0 aliphatic heterocycles. The van der Waals surface area contributed by atoms with E-state index in [0.29, 0.717) is 0 Å². The van der Waals surface area contributed by atoms with Gasteiger partial charge in [0.1, 0.15) is 10.6 Å². The number of carbonyl (C=O) groups excluding carboxylic acids is 1. The van der Waals surface area contributed by atoms with Crippen LogP contribution in [0.5, 0.6) is 11.8 Å². The predicted molar refractivity (Wildman–Crippen MR) is 84.1 cm³/mol. The Labute approximate surface area is 161 Å². The Kier molecular flexibility index (Phi) is 7.16. The first-order valence-corrected chi connectivity index (χ1v) is 8.25. The minimum atomic E-state index is -5.05. The summed E-state index contributed by atoms with van der Waals surface area (Å²) >= 11 is -2.62. The molecule has 0 aliphatic carbocycles. The number of nitrogens with one attached hydrogen (secondary N) is 2. The molecule has 0 radical (unpaired) electrons. The van der Waals surface area contributed by atoms with Crippen LogP contribution in [-0.2, 0) is 15.4 Å². The smallest absolute Gasteiger partial charge is 0.467 e. The third kappa shape index (κ3) is 6.75. The second kappa shape index (κ2) is 9.37. The van der Waals surface area contributed by atoms with Gasteiger partial charge in [0.25, 0.3) is 6.43 Å². The fourth-order valence-electron chi connectivity index (χ4n) is 1.66. The van der Waals surface area contributed by atoms with E-state index in [4.69, 9.17) is 0 Å². The number of halogens is 5. The Morgan fingerprint density at radius 3 is 2.48 bits per heavy atom. The highest BCUT2D eigenvalue weighted by Crippen LogP contribution is 2.28. The van der Waals surface area contributed by atoms with Gasteiger partial charge in [-0.15, -0.1) is 13.2 Å². The highest BCUT2D eigenvalue weighted by Gasteiger charge is 2.33. The van der Waals surface area contributed by atoms with Crippen molar-refractivity contribution in [3.05, 3.63) is 30.1 Å². The number of urea groups is 1. The number of rotatable bonds is 7. The van der Waals surface area contributed by atoms with Crippen molar-refractivity contribution in [2.24, 2.45) is 0 Å². The number of carbonyl (C=O) groups is 1. The zero-order valence-electron chi connectivity index (χ0n) is 14.1. The first-order valence-electron chi connectivity index (χ1n) is 7.18. The number of nitrogens with zero attached hydrogens (tertiary/aromatic N) is 3. The molecule has 0 spiro atoms. The highest BCUT2D eigenvalue weighted by atomic mass is 32.2. The molecule has 0 saturated carbocycles. The van der Waals surface area contributed by atoms with E-state index in [0.717, 1.165) is 19.2 Å². The van der Waals surface area contributed by atoms with Crippen LogP contribution in [0.2, 0.25) is 0 Å². The number of methoxy groups -OCH3 is 1. The second-order valence-electron chi connectivity index (χ2n) is 4.67. The molecule has 0 saturated heterocycles. The molecule has 1 atom stereocenters. The molecule has 2 rings (SSSR count). The van der Waals surface area contributed by atoms with E-state index >= 15 is 0 Å². The van der Waals surface area contributed by atoms with Crippen molar-refractivity contribution in [1.82, 2.24) is 20.4 Å². The summed E-state index contributed by atoms with van der Waals surface area (Å²) in [4.78, 5) is 21.2. The van der Waals surface area contributed by atoms with E-state index in [1.807, 2.05) is 5.32 Å². The Morgan fingerprint density at radius 1 is 1.17 bits per heavy atom. The molecule has 16 heteroatoms. The second-order valence-corrected chi connectivity index (χ2v) is 5.75. The number of hydroxylamine groups is 1. The quantitative estimate of drug-likeness (QED) is 0.494. The lowest BCUT2D eigenvalue weighted by molar-refractivity contribution is -0.275. The van der Waals surface area contributed by atoms with Crippen molar-refractivity contribution in [3.8, 4) is 11.8 Å². The summed E-state index contributed by atoms with van der Waals surface area (Å²) in [5.41, 5.74) is 1.59. The van der Waals surface area contributed by atoms with Gasteiger partial charge in [-0.3, -0.25) is 5.32 Å². The number of aromatic nitrogens is 3. The number of benzene rings is 1. The van der Waals surface area contributed by atoms with Crippen molar-refractivity contribution in [2.75, 3.05) is 12.4 Å². The van der Waals surface area contributed by atoms with E-state index in [2.05, 4.69) is 28.7 Å². The predicted octanol–water partition coefficient (Wildman–Crippen LogP) is 2.49. The van der Waals surface area contributed by atoms with E-state index in [1.54, 1.807) is 5.48 Å². The van der Waals surface area contributed by atoms with Crippen molar-refractivity contribution >= 4 is 23.1 Å². The van der Waals surface area contributed by atoms with Crippen molar-refractivity contribution in [2.45, 2.75) is 17.7 Å². The SMILES string of the molecule is COc1nc(NC(=O)NOS(=O)c2ccccc2OC(F)(F)F)nc(C(F)F)n1. The fraction of sp³-hybridized carbons (Fsp3) is 0.231. The molecule has 2 N–H and O–H groups in total. The first-order chi connectivity index (χ1) is 13.6. The molecule has 2 amide bonds. The summed E-state index contributed by atoms with van der Waals surface area (Å²) in [7, 11) is 1.08. The maximum Gasteiger partial charge on any atom is 0.573 e. The molecule has 2 aromatic rings.